The lowest BCUT2D eigenvalue weighted by Crippen LogP contribution is -2.19. The Kier molecular flexibility index (Phi) is 4.12. The molecule has 0 spiro atoms. The molecule has 0 aliphatic heterocycles. The van der Waals surface area contributed by atoms with Crippen LogP contribution in [-0.4, -0.2) is 19.4 Å². The molecule has 2 nitrogen and oxygen atoms in total. The van der Waals surface area contributed by atoms with Gasteiger partial charge in [0.1, 0.15) is 12.1 Å². The monoisotopic (exact) mass is 181 g/mol. The first-order valence-electron chi connectivity index (χ1n) is 4.21. The van der Waals surface area contributed by atoms with Gasteiger partial charge in [0.05, 0.1) is 6.54 Å². The van der Waals surface area contributed by atoms with Crippen LogP contribution in [0.25, 0.3) is 0 Å². The number of carbonyl (C=O) groups excluding carboxylic acids is 1. The van der Waals surface area contributed by atoms with Crippen LogP contribution in [-0.2, 0) is 11.2 Å². The Morgan fingerprint density at radius 1 is 1.46 bits per heavy atom. The van der Waals surface area contributed by atoms with Crippen LogP contribution in [0, 0.1) is 5.82 Å². The van der Waals surface area contributed by atoms with Crippen molar-refractivity contribution < 1.29 is 9.18 Å². The standard InChI is InChI=1S/C10H12FNO/c11-10-3-1-2-9(8-10)4-5-12-6-7-13/h1-3,7-8,12H,4-6H2. The zero-order chi connectivity index (χ0) is 9.52. The summed E-state index contributed by atoms with van der Waals surface area (Å²) in [4.78, 5) is 9.95. The summed E-state index contributed by atoms with van der Waals surface area (Å²) in [6.07, 6.45) is 1.55. The van der Waals surface area contributed by atoms with E-state index in [0.29, 0.717) is 13.1 Å². The molecule has 0 fully saturated rings. The van der Waals surface area contributed by atoms with Gasteiger partial charge in [0.2, 0.25) is 0 Å². The fraction of sp³-hybridized carbons (Fsp3) is 0.300. The first-order chi connectivity index (χ1) is 6.33. The largest absolute Gasteiger partial charge is 0.310 e. The van der Waals surface area contributed by atoms with Crippen molar-refractivity contribution in [2.75, 3.05) is 13.1 Å². The summed E-state index contributed by atoms with van der Waals surface area (Å²) in [5.74, 6) is -0.215. The summed E-state index contributed by atoms with van der Waals surface area (Å²) in [7, 11) is 0. The summed E-state index contributed by atoms with van der Waals surface area (Å²) in [6.45, 7) is 1.05. The van der Waals surface area contributed by atoms with Crippen molar-refractivity contribution in [3.8, 4) is 0 Å². The third-order valence-corrected chi connectivity index (χ3v) is 1.71. The van der Waals surface area contributed by atoms with Crippen LogP contribution in [0.15, 0.2) is 24.3 Å². The second-order valence-electron chi connectivity index (χ2n) is 2.75. The minimum absolute atomic E-state index is 0.215. The maximum atomic E-state index is 12.7. The minimum atomic E-state index is -0.215. The molecule has 0 aromatic heterocycles. The smallest absolute Gasteiger partial charge is 0.133 e. The van der Waals surface area contributed by atoms with Gasteiger partial charge < -0.3 is 10.1 Å². The van der Waals surface area contributed by atoms with Gasteiger partial charge in [0.15, 0.2) is 0 Å². The zero-order valence-corrected chi connectivity index (χ0v) is 7.29. The molecule has 0 saturated heterocycles. The van der Waals surface area contributed by atoms with Crippen molar-refractivity contribution in [3.63, 3.8) is 0 Å². The molecule has 0 unspecified atom stereocenters. The van der Waals surface area contributed by atoms with Gasteiger partial charge >= 0.3 is 0 Å². The van der Waals surface area contributed by atoms with E-state index in [0.717, 1.165) is 18.3 Å². The highest BCUT2D eigenvalue weighted by molar-refractivity contribution is 5.51. The predicted molar refractivity (Wildman–Crippen MR) is 49.0 cm³/mol. The molecule has 0 aliphatic rings. The summed E-state index contributed by atoms with van der Waals surface area (Å²) in [6, 6.07) is 6.47. The molecule has 0 atom stereocenters. The van der Waals surface area contributed by atoms with Gasteiger partial charge in [-0.1, -0.05) is 12.1 Å². The van der Waals surface area contributed by atoms with Gasteiger partial charge in [-0.2, -0.15) is 0 Å². The van der Waals surface area contributed by atoms with E-state index in [2.05, 4.69) is 5.32 Å². The van der Waals surface area contributed by atoms with E-state index >= 15 is 0 Å². The van der Waals surface area contributed by atoms with Crippen LogP contribution in [0.5, 0.6) is 0 Å². The number of nitrogens with one attached hydrogen (secondary N) is 1. The lowest BCUT2D eigenvalue weighted by atomic mass is 10.1. The number of hydrogen-bond acceptors (Lipinski definition) is 2. The fourth-order valence-electron chi connectivity index (χ4n) is 1.09. The molecule has 0 bridgehead atoms. The zero-order valence-electron chi connectivity index (χ0n) is 7.29. The van der Waals surface area contributed by atoms with Gasteiger partial charge in [-0.15, -0.1) is 0 Å². The van der Waals surface area contributed by atoms with Crippen LogP contribution >= 0.6 is 0 Å². The Morgan fingerprint density at radius 3 is 3.00 bits per heavy atom. The summed E-state index contributed by atoms with van der Waals surface area (Å²) < 4.78 is 12.7. The van der Waals surface area contributed by atoms with E-state index in [4.69, 9.17) is 0 Å². The first-order valence-corrected chi connectivity index (χ1v) is 4.21. The van der Waals surface area contributed by atoms with Crippen molar-refractivity contribution in [1.29, 1.82) is 0 Å². The van der Waals surface area contributed by atoms with Crippen molar-refractivity contribution in [2.24, 2.45) is 0 Å². The van der Waals surface area contributed by atoms with E-state index in [1.54, 1.807) is 6.07 Å². The highest BCUT2D eigenvalue weighted by Crippen LogP contribution is 2.03. The molecule has 0 amide bonds. The van der Waals surface area contributed by atoms with E-state index in [1.807, 2.05) is 6.07 Å². The molecule has 0 radical (unpaired) electrons. The number of benzene rings is 1. The molecule has 70 valence electrons. The molecule has 1 rings (SSSR count). The predicted octanol–water partition coefficient (Wildman–Crippen LogP) is 1.16. The van der Waals surface area contributed by atoms with Crippen molar-refractivity contribution in [2.45, 2.75) is 6.42 Å². The quantitative estimate of drug-likeness (QED) is 0.545. The maximum absolute atomic E-state index is 12.7. The molecule has 1 aromatic rings. The fourth-order valence-corrected chi connectivity index (χ4v) is 1.09. The highest BCUT2D eigenvalue weighted by Gasteiger charge is 1.94. The first kappa shape index (κ1) is 9.86. The molecule has 0 aliphatic carbocycles. The van der Waals surface area contributed by atoms with Gasteiger partial charge in [0.25, 0.3) is 0 Å². The molecule has 0 heterocycles. The van der Waals surface area contributed by atoms with Crippen LogP contribution < -0.4 is 5.32 Å². The maximum Gasteiger partial charge on any atom is 0.133 e. The molecule has 1 N–H and O–H groups in total. The number of halogens is 1. The Balaban J connectivity index is 2.32. The second kappa shape index (κ2) is 5.43. The van der Waals surface area contributed by atoms with Crippen molar-refractivity contribution >= 4 is 6.29 Å². The van der Waals surface area contributed by atoms with Crippen LogP contribution in [0.2, 0.25) is 0 Å². The van der Waals surface area contributed by atoms with Crippen molar-refractivity contribution in [1.82, 2.24) is 5.32 Å². The highest BCUT2D eigenvalue weighted by atomic mass is 19.1. The lowest BCUT2D eigenvalue weighted by Gasteiger charge is -2.01. The lowest BCUT2D eigenvalue weighted by molar-refractivity contribution is -0.107. The van der Waals surface area contributed by atoms with E-state index in [1.165, 1.54) is 12.1 Å². The molecule has 0 saturated carbocycles. The second-order valence-corrected chi connectivity index (χ2v) is 2.75. The molecular weight excluding hydrogens is 169 g/mol. The SMILES string of the molecule is O=CCNCCc1cccc(F)c1. The average molecular weight is 181 g/mol. The normalized spacial score (nSPS) is 9.92. The van der Waals surface area contributed by atoms with Crippen molar-refractivity contribution in [3.05, 3.63) is 35.6 Å². The summed E-state index contributed by atoms with van der Waals surface area (Å²) in [5.41, 5.74) is 0.943. The molecule has 1 aromatic carbocycles. The number of carbonyl (C=O) groups is 1. The number of hydrogen-bond donors (Lipinski definition) is 1. The van der Waals surface area contributed by atoms with E-state index in [9.17, 15) is 9.18 Å². The van der Waals surface area contributed by atoms with Crippen LogP contribution in [0.4, 0.5) is 4.39 Å². The Hall–Kier alpha value is -1.22. The summed E-state index contributed by atoms with van der Waals surface area (Å²) in [5, 5.41) is 2.91. The average Bonchev–Trinajstić information content (AvgIpc) is 2.13. The third-order valence-electron chi connectivity index (χ3n) is 1.71. The third kappa shape index (κ3) is 3.80. The Labute approximate surface area is 76.8 Å². The molecule has 13 heavy (non-hydrogen) atoms. The van der Waals surface area contributed by atoms with E-state index < -0.39 is 0 Å². The van der Waals surface area contributed by atoms with Gasteiger partial charge in [-0.3, -0.25) is 0 Å². The molecule has 3 heteroatoms. The van der Waals surface area contributed by atoms with Crippen LogP contribution in [0.1, 0.15) is 5.56 Å². The van der Waals surface area contributed by atoms with Gasteiger partial charge in [0, 0.05) is 0 Å². The topological polar surface area (TPSA) is 29.1 Å². The van der Waals surface area contributed by atoms with Crippen LogP contribution in [0.3, 0.4) is 0 Å². The number of rotatable bonds is 5. The summed E-state index contributed by atoms with van der Waals surface area (Å²) >= 11 is 0. The van der Waals surface area contributed by atoms with Gasteiger partial charge in [-0.05, 0) is 30.7 Å². The molecular formula is C10H12FNO. The number of aldehydes is 1. The minimum Gasteiger partial charge on any atom is -0.310 e. The Bertz CT molecular complexity index is 275. The Morgan fingerprint density at radius 2 is 2.31 bits per heavy atom. The van der Waals surface area contributed by atoms with E-state index in [-0.39, 0.29) is 5.82 Å². The van der Waals surface area contributed by atoms with Gasteiger partial charge in [-0.25, -0.2) is 4.39 Å².